The smallest absolute Gasteiger partial charge is 0.149 e. The Kier molecular flexibility index (Phi) is 4.23. The largest absolute Gasteiger partial charge is 0.366 e. The molecule has 1 heterocycles. The predicted molar refractivity (Wildman–Crippen MR) is 75.4 cm³/mol. The lowest BCUT2D eigenvalue weighted by atomic mass is 10.2. The SMILES string of the molecule is N#CC(Nc1ccc(F)cc1)c1cc(Br)c(Cl)s1. The normalized spacial score (nSPS) is 11.9. The second kappa shape index (κ2) is 5.70. The Balaban J connectivity index is 2.20. The van der Waals surface area contributed by atoms with Crippen LogP contribution in [0.1, 0.15) is 10.9 Å². The van der Waals surface area contributed by atoms with Gasteiger partial charge in [-0.1, -0.05) is 11.6 Å². The van der Waals surface area contributed by atoms with Crippen LogP contribution in [0.4, 0.5) is 10.1 Å². The maximum Gasteiger partial charge on any atom is 0.149 e. The van der Waals surface area contributed by atoms with Crippen LogP contribution >= 0.6 is 38.9 Å². The molecular weight excluding hydrogens is 339 g/mol. The second-order valence-electron chi connectivity index (χ2n) is 3.48. The van der Waals surface area contributed by atoms with E-state index in [4.69, 9.17) is 16.9 Å². The Hall–Kier alpha value is -1.09. The van der Waals surface area contributed by atoms with Gasteiger partial charge in [-0.2, -0.15) is 5.26 Å². The van der Waals surface area contributed by atoms with E-state index in [9.17, 15) is 4.39 Å². The Morgan fingerprint density at radius 3 is 2.56 bits per heavy atom. The van der Waals surface area contributed by atoms with Gasteiger partial charge in [-0.3, -0.25) is 0 Å². The van der Waals surface area contributed by atoms with Gasteiger partial charge in [-0.25, -0.2) is 4.39 Å². The third-order valence-corrected chi connectivity index (χ3v) is 4.77. The number of nitrogens with one attached hydrogen (secondary N) is 1. The van der Waals surface area contributed by atoms with Gasteiger partial charge in [0.15, 0.2) is 0 Å². The van der Waals surface area contributed by atoms with Crippen LogP contribution in [0.3, 0.4) is 0 Å². The summed E-state index contributed by atoms with van der Waals surface area (Å²) < 4.78 is 14.1. The highest BCUT2D eigenvalue weighted by Crippen LogP contribution is 2.36. The molecule has 0 aliphatic rings. The number of hydrogen-bond donors (Lipinski definition) is 1. The molecule has 18 heavy (non-hydrogen) atoms. The van der Waals surface area contributed by atoms with Crippen molar-refractivity contribution in [3.63, 3.8) is 0 Å². The molecule has 0 fully saturated rings. The highest BCUT2D eigenvalue weighted by Gasteiger charge is 2.15. The summed E-state index contributed by atoms with van der Waals surface area (Å²) in [5.74, 6) is -0.309. The highest BCUT2D eigenvalue weighted by molar-refractivity contribution is 9.10. The molecule has 0 bridgehead atoms. The number of rotatable bonds is 3. The van der Waals surface area contributed by atoms with E-state index in [1.807, 2.05) is 0 Å². The van der Waals surface area contributed by atoms with Crippen LogP contribution in [0.25, 0.3) is 0 Å². The quantitative estimate of drug-likeness (QED) is 0.851. The van der Waals surface area contributed by atoms with Gasteiger partial charge in [0, 0.05) is 15.0 Å². The third kappa shape index (κ3) is 3.02. The van der Waals surface area contributed by atoms with E-state index in [-0.39, 0.29) is 5.82 Å². The average Bonchev–Trinajstić information content (AvgIpc) is 2.69. The minimum absolute atomic E-state index is 0.309. The fourth-order valence-electron chi connectivity index (χ4n) is 1.39. The van der Waals surface area contributed by atoms with Gasteiger partial charge in [0.05, 0.1) is 6.07 Å². The number of nitrogens with zero attached hydrogens (tertiary/aromatic N) is 1. The zero-order valence-electron chi connectivity index (χ0n) is 8.95. The summed E-state index contributed by atoms with van der Waals surface area (Å²) in [5.41, 5.74) is 0.684. The molecule has 0 saturated carbocycles. The lowest BCUT2D eigenvalue weighted by Gasteiger charge is -2.10. The monoisotopic (exact) mass is 344 g/mol. The van der Waals surface area contributed by atoms with Crippen molar-refractivity contribution in [2.45, 2.75) is 6.04 Å². The van der Waals surface area contributed by atoms with Crippen molar-refractivity contribution in [2.24, 2.45) is 0 Å². The van der Waals surface area contributed by atoms with Gasteiger partial charge in [-0.15, -0.1) is 11.3 Å². The van der Waals surface area contributed by atoms with Gasteiger partial charge >= 0.3 is 0 Å². The van der Waals surface area contributed by atoms with E-state index in [1.54, 1.807) is 18.2 Å². The van der Waals surface area contributed by atoms with Crippen molar-refractivity contribution in [3.05, 3.63) is 49.8 Å². The number of hydrogen-bond acceptors (Lipinski definition) is 3. The van der Waals surface area contributed by atoms with Gasteiger partial charge in [-0.05, 0) is 46.3 Å². The Morgan fingerprint density at radius 2 is 2.06 bits per heavy atom. The van der Waals surface area contributed by atoms with Crippen LogP contribution in [0.2, 0.25) is 4.34 Å². The summed E-state index contributed by atoms with van der Waals surface area (Å²) in [6.45, 7) is 0. The number of halogens is 3. The average molecular weight is 346 g/mol. The predicted octanol–water partition coefficient (Wildman–Crippen LogP) is 4.98. The van der Waals surface area contributed by atoms with Crippen molar-refractivity contribution in [1.29, 1.82) is 5.26 Å². The van der Waals surface area contributed by atoms with E-state index < -0.39 is 6.04 Å². The number of nitriles is 1. The van der Waals surface area contributed by atoms with Crippen molar-refractivity contribution < 1.29 is 4.39 Å². The molecule has 1 aromatic carbocycles. The Morgan fingerprint density at radius 1 is 1.39 bits per heavy atom. The summed E-state index contributed by atoms with van der Waals surface area (Å²) in [5, 5.41) is 12.2. The van der Waals surface area contributed by atoms with E-state index in [2.05, 4.69) is 27.3 Å². The maximum absolute atomic E-state index is 12.8. The molecule has 1 aromatic heterocycles. The molecule has 6 heteroatoms. The third-order valence-electron chi connectivity index (χ3n) is 2.23. The number of benzene rings is 1. The first-order valence-electron chi connectivity index (χ1n) is 4.96. The summed E-state index contributed by atoms with van der Waals surface area (Å²) in [6, 6.07) is 9.30. The minimum atomic E-state index is -0.510. The molecule has 92 valence electrons. The van der Waals surface area contributed by atoms with E-state index in [1.165, 1.54) is 23.5 Å². The maximum atomic E-state index is 12.8. The first-order chi connectivity index (χ1) is 8.60. The molecule has 1 atom stereocenters. The molecule has 1 N–H and O–H groups in total. The molecule has 2 rings (SSSR count). The van der Waals surface area contributed by atoms with E-state index >= 15 is 0 Å². The summed E-state index contributed by atoms with van der Waals surface area (Å²) in [4.78, 5) is 0.804. The topological polar surface area (TPSA) is 35.8 Å². The zero-order valence-corrected chi connectivity index (χ0v) is 12.1. The van der Waals surface area contributed by atoms with Crippen LogP contribution in [0, 0.1) is 17.1 Å². The zero-order chi connectivity index (χ0) is 13.1. The van der Waals surface area contributed by atoms with Crippen LogP contribution in [0.15, 0.2) is 34.8 Å². The second-order valence-corrected chi connectivity index (χ2v) is 6.02. The standard InChI is InChI=1S/C12H7BrClFN2S/c13-9-5-11(18-12(9)14)10(6-16)17-8-3-1-7(15)2-4-8/h1-5,10,17H. The fraction of sp³-hybridized carbons (Fsp3) is 0.0833. The van der Waals surface area contributed by atoms with Crippen molar-refractivity contribution in [3.8, 4) is 6.07 Å². The Bertz CT molecular complexity index is 572. The van der Waals surface area contributed by atoms with Crippen molar-refractivity contribution >= 4 is 44.6 Å². The summed E-state index contributed by atoms with van der Waals surface area (Å²) in [7, 11) is 0. The molecule has 2 aromatic rings. The van der Waals surface area contributed by atoms with Crippen LogP contribution in [-0.2, 0) is 0 Å². The molecule has 0 spiro atoms. The molecule has 0 aliphatic carbocycles. The minimum Gasteiger partial charge on any atom is -0.366 e. The van der Waals surface area contributed by atoms with Crippen LogP contribution in [-0.4, -0.2) is 0 Å². The molecule has 0 saturated heterocycles. The Labute approximate surface area is 121 Å². The molecule has 0 aliphatic heterocycles. The van der Waals surface area contributed by atoms with Crippen molar-refractivity contribution in [1.82, 2.24) is 0 Å². The van der Waals surface area contributed by atoms with Crippen LogP contribution in [0.5, 0.6) is 0 Å². The first kappa shape index (κ1) is 13.3. The molecule has 0 radical (unpaired) electrons. The van der Waals surface area contributed by atoms with E-state index in [0.29, 0.717) is 10.0 Å². The first-order valence-corrected chi connectivity index (χ1v) is 6.95. The van der Waals surface area contributed by atoms with Gasteiger partial charge in [0.2, 0.25) is 0 Å². The molecular formula is C12H7BrClFN2S. The van der Waals surface area contributed by atoms with Crippen LogP contribution < -0.4 is 5.32 Å². The summed E-state index contributed by atoms with van der Waals surface area (Å²) >= 11 is 10.6. The fourth-order valence-corrected chi connectivity index (χ4v) is 3.12. The lowest BCUT2D eigenvalue weighted by Crippen LogP contribution is -2.06. The number of thiophene rings is 1. The van der Waals surface area contributed by atoms with Gasteiger partial charge in [0.1, 0.15) is 16.2 Å². The van der Waals surface area contributed by atoms with Crippen molar-refractivity contribution in [2.75, 3.05) is 5.32 Å². The molecule has 1 unspecified atom stereocenters. The summed E-state index contributed by atoms with van der Waals surface area (Å²) in [6.07, 6.45) is 0. The highest BCUT2D eigenvalue weighted by atomic mass is 79.9. The number of anilines is 1. The lowest BCUT2D eigenvalue weighted by molar-refractivity contribution is 0.628. The van der Waals surface area contributed by atoms with E-state index in [0.717, 1.165) is 9.35 Å². The molecule has 2 nitrogen and oxygen atoms in total. The van der Waals surface area contributed by atoms with Gasteiger partial charge in [0.25, 0.3) is 0 Å². The molecule has 0 amide bonds. The van der Waals surface area contributed by atoms with Gasteiger partial charge < -0.3 is 5.32 Å².